The molecule has 1 aliphatic rings. The molecule has 0 spiro atoms. The van der Waals surface area contributed by atoms with Crippen LogP contribution in [0.5, 0.6) is 0 Å². The number of ketones is 1. The average Bonchev–Trinajstić information content (AvgIpc) is 3.30. The lowest BCUT2D eigenvalue weighted by atomic mass is 10.1. The third-order valence-corrected chi connectivity index (χ3v) is 8.13. The van der Waals surface area contributed by atoms with Gasteiger partial charge in [0, 0.05) is 43.8 Å². The van der Waals surface area contributed by atoms with E-state index in [4.69, 9.17) is 0 Å². The van der Waals surface area contributed by atoms with Crippen LogP contribution in [0.2, 0.25) is 0 Å². The summed E-state index contributed by atoms with van der Waals surface area (Å²) >= 11 is 6.48. The number of piperazine rings is 1. The monoisotopic (exact) mass is 476 g/mol. The number of Topliss-reactive ketones (excluding diaryl/α,β-unsaturated/α-hetero) is 1. The Hall–Kier alpha value is -1.54. The van der Waals surface area contributed by atoms with Crippen LogP contribution in [0.3, 0.4) is 0 Å². The lowest BCUT2D eigenvalue weighted by Gasteiger charge is -2.34. The normalized spacial score (nSPS) is 15.3. The summed E-state index contributed by atoms with van der Waals surface area (Å²) in [5.74, 6) is 0.327. The number of halogens is 1. The minimum absolute atomic E-state index is 0.137. The SMILES string of the molecule is Cc1c(C(=O)N2CCN(CCC(=O)c3ccc(Br)s3)CC2)sc2ccccc12. The van der Waals surface area contributed by atoms with Gasteiger partial charge in [0.25, 0.3) is 5.91 Å². The minimum Gasteiger partial charge on any atom is -0.335 e. The van der Waals surface area contributed by atoms with E-state index in [2.05, 4.69) is 33.0 Å². The maximum Gasteiger partial charge on any atom is 0.264 e. The first-order chi connectivity index (χ1) is 13.5. The van der Waals surface area contributed by atoms with Crippen molar-refractivity contribution in [3.8, 4) is 0 Å². The predicted octanol–water partition coefficient (Wildman–Crippen LogP) is 5.06. The van der Waals surface area contributed by atoms with Crippen LogP contribution in [-0.2, 0) is 0 Å². The largest absolute Gasteiger partial charge is 0.335 e. The van der Waals surface area contributed by atoms with Crippen molar-refractivity contribution >= 4 is 60.4 Å². The Morgan fingerprint density at radius 3 is 2.46 bits per heavy atom. The number of amides is 1. The highest BCUT2D eigenvalue weighted by Gasteiger charge is 2.25. The molecule has 0 atom stereocenters. The smallest absolute Gasteiger partial charge is 0.264 e. The van der Waals surface area contributed by atoms with Crippen LogP contribution in [0.25, 0.3) is 10.1 Å². The maximum atomic E-state index is 13.0. The van der Waals surface area contributed by atoms with Crippen LogP contribution in [0.15, 0.2) is 40.2 Å². The molecule has 1 saturated heterocycles. The Balaban J connectivity index is 1.32. The van der Waals surface area contributed by atoms with Gasteiger partial charge < -0.3 is 4.90 Å². The van der Waals surface area contributed by atoms with Crippen molar-refractivity contribution < 1.29 is 9.59 Å². The van der Waals surface area contributed by atoms with Gasteiger partial charge in [0.05, 0.1) is 13.5 Å². The third-order valence-electron chi connectivity index (χ3n) is 5.20. The van der Waals surface area contributed by atoms with Gasteiger partial charge in [-0.2, -0.15) is 0 Å². The average molecular weight is 477 g/mol. The van der Waals surface area contributed by atoms with E-state index in [1.807, 2.05) is 36.1 Å². The van der Waals surface area contributed by atoms with Crippen LogP contribution in [0.4, 0.5) is 0 Å². The molecule has 0 radical (unpaired) electrons. The standard InChI is InChI=1S/C21H21BrN2O2S2/c1-14-15-4-2-3-5-17(15)28-20(14)21(26)24-12-10-23(11-13-24)9-8-16(25)18-6-7-19(22)27-18/h2-7H,8-13H2,1H3. The number of nitrogens with zero attached hydrogens (tertiary/aromatic N) is 2. The van der Waals surface area contributed by atoms with Gasteiger partial charge in [-0.05, 0) is 52.0 Å². The summed E-state index contributed by atoms with van der Waals surface area (Å²) in [6.07, 6.45) is 0.524. The molecule has 1 aliphatic heterocycles. The van der Waals surface area contributed by atoms with Crippen LogP contribution in [-0.4, -0.2) is 54.2 Å². The maximum absolute atomic E-state index is 13.0. The highest BCUT2D eigenvalue weighted by Crippen LogP contribution is 2.31. The number of thiophene rings is 2. The van der Waals surface area contributed by atoms with Gasteiger partial charge >= 0.3 is 0 Å². The van der Waals surface area contributed by atoms with Crippen molar-refractivity contribution in [1.82, 2.24) is 9.80 Å². The number of rotatable bonds is 5. The van der Waals surface area contributed by atoms with Crippen molar-refractivity contribution in [2.75, 3.05) is 32.7 Å². The molecule has 28 heavy (non-hydrogen) atoms. The van der Waals surface area contributed by atoms with Crippen molar-refractivity contribution in [1.29, 1.82) is 0 Å². The van der Waals surface area contributed by atoms with E-state index in [0.29, 0.717) is 19.5 Å². The van der Waals surface area contributed by atoms with Crippen molar-refractivity contribution in [2.24, 2.45) is 0 Å². The fourth-order valence-electron chi connectivity index (χ4n) is 3.54. The summed E-state index contributed by atoms with van der Waals surface area (Å²) in [6, 6.07) is 12.0. The first-order valence-electron chi connectivity index (χ1n) is 9.31. The van der Waals surface area contributed by atoms with Crippen LogP contribution >= 0.6 is 38.6 Å². The summed E-state index contributed by atoms with van der Waals surface area (Å²) < 4.78 is 2.15. The van der Waals surface area contributed by atoms with Gasteiger partial charge in [-0.1, -0.05) is 18.2 Å². The molecule has 1 aromatic carbocycles. The van der Waals surface area contributed by atoms with E-state index >= 15 is 0 Å². The Morgan fingerprint density at radius 1 is 1.04 bits per heavy atom. The Morgan fingerprint density at radius 2 is 1.79 bits per heavy atom. The molecule has 7 heteroatoms. The molecule has 1 amide bonds. The number of fused-ring (bicyclic) bond motifs is 1. The predicted molar refractivity (Wildman–Crippen MR) is 120 cm³/mol. The van der Waals surface area contributed by atoms with Gasteiger partial charge in [-0.25, -0.2) is 0 Å². The van der Waals surface area contributed by atoms with Crippen LogP contribution in [0.1, 0.15) is 31.3 Å². The van der Waals surface area contributed by atoms with Crippen LogP contribution in [0, 0.1) is 6.92 Å². The summed E-state index contributed by atoms with van der Waals surface area (Å²) in [5, 5.41) is 1.17. The molecule has 0 bridgehead atoms. The molecule has 3 aromatic rings. The lowest BCUT2D eigenvalue weighted by molar-refractivity contribution is 0.0632. The fraction of sp³-hybridized carbons (Fsp3) is 0.333. The number of hydrogen-bond donors (Lipinski definition) is 0. The zero-order valence-electron chi connectivity index (χ0n) is 15.6. The zero-order valence-corrected chi connectivity index (χ0v) is 18.8. The van der Waals surface area contributed by atoms with Gasteiger partial charge in [0.1, 0.15) is 0 Å². The molecular weight excluding hydrogens is 456 g/mol. The van der Waals surface area contributed by atoms with E-state index in [-0.39, 0.29) is 11.7 Å². The lowest BCUT2D eigenvalue weighted by Crippen LogP contribution is -2.49. The van der Waals surface area contributed by atoms with Crippen molar-refractivity contribution in [2.45, 2.75) is 13.3 Å². The fourth-order valence-corrected chi connectivity index (χ4v) is 6.07. The van der Waals surface area contributed by atoms with Gasteiger partial charge in [0.15, 0.2) is 5.78 Å². The number of carbonyl (C=O) groups excluding carboxylic acids is 2. The first-order valence-corrected chi connectivity index (χ1v) is 11.7. The number of carbonyl (C=O) groups is 2. The van der Waals surface area contributed by atoms with E-state index < -0.39 is 0 Å². The molecule has 0 N–H and O–H groups in total. The quantitative estimate of drug-likeness (QED) is 0.482. The Labute approximate surface area is 180 Å². The molecule has 1 fully saturated rings. The van der Waals surface area contributed by atoms with Crippen molar-refractivity contribution in [3.05, 3.63) is 55.5 Å². The summed E-state index contributed by atoms with van der Waals surface area (Å²) in [4.78, 5) is 31.2. The number of hydrogen-bond acceptors (Lipinski definition) is 5. The molecule has 146 valence electrons. The van der Waals surface area contributed by atoms with E-state index in [9.17, 15) is 9.59 Å². The molecule has 2 aromatic heterocycles. The molecule has 4 nitrogen and oxygen atoms in total. The van der Waals surface area contributed by atoms with Gasteiger partial charge in [-0.3, -0.25) is 14.5 Å². The molecule has 4 rings (SSSR count). The van der Waals surface area contributed by atoms with E-state index in [1.165, 1.54) is 21.4 Å². The number of aryl methyl sites for hydroxylation is 1. The Kier molecular flexibility index (Phi) is 5.96. The zero-order chi connectivity index (χ0) is 19.7. The highest BCUT2D eigenvalue weighted by atomic mass is 79.9. The molecule has 0 saturated carbocycles. The second kappa shape index (κ2) is 8.45. The van der Waals surface area contributed by atoms with E-state index in [1.54, 1.807) is 11.3 Å². The van der Waals surface area contributed by atoms with E-state index in [0.717, 1.165) is 38.7 Å². The Bertz CT molecular complexity index is 1020. The third kappa shape index (κ3) is 4.08. The second-order valence-corrected chi connectivity index (χ2v) is 10.5. The highest BCUT2D eigenvalue weighted by molar-refractivity contribution is 9.11. The first kappa shape index (κ1) is 19.8. The topological polar surface area (TPSA) is 40.6 Å². The second-order valence-electron chi connectivity index (χ2n) is 6.96. The summed E-state index contributed by atoms with van der Waals surface area (Å²) in [7, 11) is 0. The van der Waals surface area contributed by atoms with Gasteiger partial charge in [-0.15, -0.1) is 22.7 Å². The number of benzene rings is 1. The molecule has 3 heterocycles. The summed E-state index contributed by atoms with van der Waals surface area (Å²) in [6.45, 7) is 5.85. The van der Waals surface area contributed by atoms with Gasteiger partial charge in [0.2, 0.25) is 0 Å². The summed E-state index contributed by atoms with van der Waals surface area (Å²) in [5.41, 5.74) is 1.08. The molecule has 0 aliphatic carbocycles. The molecular formula is C21H21BrN2O2S2. The molecule has 0 unspecified atom stereocenters. The minimum atomic E-state index is 0.137. The van der Waals surface area contributed by atoms with Crippen molar-refractivity contribution in [3.63, 3.8) is 0 Å². The van der Waals surface area contributed by atoms with Crippen LogP contribution < -0.4 is 0 Å².